The van der Waals surface area contributed by atoms with Crippen LogP contribution in [0.25, 0.3) is 10.9 Å². The van der Waals surface area contributed by atoms with E-state index in [0.29, 0.717) is 34.2 Å². The number of piperidine rings is 1. The third-order valence-corrected chi connectivity index (χ3v) is 7.49. The average Bonchev–Trinajstić information content (AvgIpc) is 3.41. The molecule has 212 valence electrons. The van der Waals surface area contributed by atoms with Crippen LogP contribution in [-0.4, -0.2) is 73.2 Å². The number of ether oxygens (including phenoxy) is 1. The first-order chi connectivity index (χ1) is 19.9. The first-order valence-electron chi connectivity index (χ1n) is 13.6. The zero-order valence-electron chi connectivity index (χ0n) is 23.5. The van der Waals surface area contributed by atoms with Gasteiger partial charge in [-0.2, -0.15) is 0 Å². The Kier molecular flexibility index (Phi) is 8.42. The highest BCUT2D eigenvalue weighted by molar-refractivity contribution is 6.06. The summed E-state index contributed by atoms with van der Waals surface area (Å²) in [5.41, 5.74) is 3.59. The second kappa shape index (κ2) is 12.3. The van der Waals surface area contributed by atoms with E-state index in [9.17, 15) is 14.4 Å². The van der Waals surface area contributed by atoms with Crippen LogP contribution in [0.5, 0.6) is 0 Å². The van der Waals surface area contributed by atoms with Crippen LogP contribution >= 0.6 is 0 Å². The molecule has 5 rings (SSSR count). The Morgan fingerprint density at radius 1 is 1.00 bits per heavy atom. The number of anilines is 3. The van der Waals surface area contributed by atoms with E-state index >= 15 is 0 Å². The van der Waals surface area contributed by atoms with Gasteiger partial charge in [0.1, 0.15) is 12.4 Å². The standard InChI is InChI=1S/C31H34N6O4/c1-32-31(40)36-17-13-24-18-25(8-9-27(24)36)37(29(38)20-41-3)26-10-14-33-28(19-26)34-30(39)23-6-4-21(5-7-23)22-11-15-35(2)16-12-22/h4-10,13-14,17-19,22H,11-12,15-16,20H2,1-3H3,(H,32,40)(H,33,34,39). The number of pyridine rings is 1. The molecule has 0 unspecified atom stereocenters. The van der Waals surface area contributed by atoms with Crippen LogP contribution < -0.4 is 15.5 Å². The molecular weight excluding hydrogens is 520 g/mol. The lowest BCUT2D eigenvalue weighted by Crippen LogP contribution is -2.29. The number of rotatable bonds is 7. The van der Waals surface area contributed by atoms with Gasteiger partial charge in [0.15, 0.2) is 0 Å². The van der Waals surface area contributed by atoms with Crippen LogP contribution in [0.1, 0.15) is 34.7 Å². The molecule has 0 saturated carbocycles. The summed E-state index contributed by atoms with van der Waals surface area (Å²) in [4.78, 5) is 46.6. The molecule has 1 aliphatic heterocycles. The van der Waals surface area contributed by atoms with Gasteiger partial charge in [0.2, 0.25) is 0 Å². The zero-order valence-corrected chi connectivity index (χ0v) is 23.5. The molecule has 0 radical (unpaired) electrons. The lowest BCUT2D eigenvalue weighted by atomic mass is 9.89. The Hall–Kier alpha value is -4.54. The second-order valence-electron chi connectivity index (χ2n) is 10.2. The van der Waals surface area contributed by atoms with Gasteiger partial charge in [0.05, 0.1) is 11.2 Å². The minimum absolute atomic E-state index is 0.148. The normalized spacial score (nSPS) is 14.1. The predicted molar refractivity (Wildman–Crippen MR) is 159 cm³/mol. The fraction of sp³-hybridized carbons (Fsp3) is 0.290. The van der Waals surface area contributed by atoms with Crippen molar-refractivity contribution in [2.45, 2.75) is 18.8 Å². The van der Waals surface area contributed by atoms with Crippen LogP contribution in [0.15, 0.2) is 73.1 Å². The van der Waals surface area contributed by atoms with Crippen molar-refractivity contribution in [1.29, 1.82) is 0 Å². The number of carbonyl (C=O) groups is 3. The van der Waals surface area contributed by atoms with E-state index < -0.39 is 0 Å². The summed E-state index contributed by atoms with van der Waals surface area (Å²) in [5, 5.41) is 6.25. The Morgan fingerprint density at radius 2 is 1.73 bits per heavy atom. The van der Waals surface area contributed by atoms with E-state index in [-0.39, 0.29) is 24.5 Å². The number of carbonyl (C=O) groups excluding carboxylic acids is 3. The quantitative estimate of drug-likeness (QED) is 0.346. The van der Waals surface area contributed by atoms with Gasteiger partial charge in [-0.3, -0.25) is 19.1 Å². The molecule has 10 heteroatoms. The van der Waals surface area contributed by atoms with Gasteiger partial charge >= 0.3 is 6.03 Å². The van der Waals surface area contributed by atoms with Crippen molar-refractivity contribution in [3.8, 4) is 0 Å². The number of nitrogens with zero attached hydrogens (tertiary/aromatic N) is 4. The van der Waals surface area contributed by atoms with E-state index in [1.165, 1.54) is 22.1 Å². The third-order valence-electron chi connectivity index (χ3n) is 7.49. The number of methoxy groups -OCH3 is 1. The number of benzene rings is 2. The highest BCUT2D eigenvalue weighted by Crippen LogP contribution is 2.31. The number of aromatic nitrogens is 2. The minimum atomic E-state index is -0.300. The Bertz CT molecular complexity index is 1560. The first kappa shape index (κ1) is 28.0. The average molecular weight is 555 g/mol. The van der Waals surface area contributed by atoms with Crippen molar-refractivity contribution in [2.24, 2.45) is 0 Å². The summed E-state index contributed by atoms with van der Waals surface area (Å²) in [6.07, 6.45) is 5.45. The Labute approximate surface area is 238 Å². The largest absolute Gasteiger partial charge is 0.375 e. The van der Waals surface area contributed by atoms with Crippen molar-refractivity contribution in [3.05, 3.63) is 84.2 Å². The number of fused-ring (bicyclic) bond motifs is 1. The van der Waals surface area contributed by atoms with Crippen LogP contribution in [0.3, 0.4) is 0 Å². The van der Waals surface area contributed by atoms with Crippen LogP contribution in [-0.2, 0) is 9.53 Å². The molecule has 0 atom stereocenters. The molecule has 4 aromatic rings. The third kappa shape index (κ3) is 6.13. The van der Waals surface area contributed by atoms with E-state index in [4.69, 9.17) is 4.74 Å². The maximum absolute atomic E-state index is 13.2. The van der Waals surface area contributed by atoms with Gasteiger partial charge in [-0.15, -0.1) is 0 Å². The van der Waals surface area contributed by atoms with Crippen molar-refractivity contribution in [3.63, 3.8) is 0 Å². The molecule has 3 amide bonds. The Morgan fingerprint density at radius 3 is 2.44 bits per heavy atom. The summed E-state index contributed by atoms with van der Waals surface area (Å²) in [6, 6.07) is 18.0. The van der Waals surface area contributed by atoms with E-state index in [1.54, 1.807) is 43.7 Å². The maximum Gasteiger partial charge on any atom is 0.325 e. The lowest BCUT2D eigenvalue weighted by Gasteiger charge is -2.29. The highest BCUT2D eigenvalue weighted by atomic mass is 16.5. The maximum atomic E-state index is 13.2. The minimum Gasteiger partial charge on any atom is -0.375 e. The Balaban J connectivity index is 1.37. The van der Waals surface area contributed by atoms with E-state index in [0.717, 1.165) is 31.3 Å². The molecule has 1 saturated heterocycles. The summed E-state index contributed by atoms with van der Waals surface area (Å²) >= 11 is 0. The number of hydrogen-bond donors (Lipinski definition) is 2. The second-order valence-corrected chi connectivity index (χ2v) is 10.2. The molecule has 2 N–H and O–H groups in total. The molecule has 3 heterocycles. The summed E-state index contributed by atoms with van der Waals surface area (Å²) in [5.74, 6) is 0.245. The zero-order chi connectivity index (χ0) is 28.9. The molecule has 2 aromatic carbocycles. The molecule has 0 aliphatic carbocycles. The van der Waals surface area contributed by atoms with Gasteiger partial charge in [0, 0.05) is 49.3 Å². The number of hydrogen-bond acceptors (Lipinski definition) is 6. The summed E-state index contributed by atoms with van der Waals surface area (Å²) in [7, 11) is 5.17. The summed E-state index contributed by atoms with van der Waals surface area (Å²) in [6.45, 7) is 2.01. The van der Waals surface area contributed by atoms with Crippen molar-refractivity contribution >= 4 is 45.9 Å². The van der Waals surface area contributed by atoms with Crippen molar-refractivity contribution in [1.82, 2.24) is 19.8 Å². The molecule has 0 bridgehead atoms. The fourth-order valence-electron chi connectivity index (χ4n) is 5.26. The predicted octanol–water partition coefficient (Wildman–Crippen LogP) is 4.60. The van der Waals surface area contributed by atoms with Crippen LogP contribution in [0, 0.1) is 0 Å². The van der Waals surface area contributed by atoms with Gasteiger partial charge < -0.3 is 20.3 Å². The molecule has 2 aromatic heterocycles. The monoisotopic (exact) mass is 554 g/mol. The molecule has 41 heavy (non-hydrogen) atoms. The highest BCUT2D eigenvalue weighted by Gasteiger charge is 2.21. The smallest absolute Gasteiger partial charge is 0.325 e. The molecule has 10 nitrogen and oxygen atoms in total. The number of amides is 3. The molecular formula is C31H34N6O4. The summed E-state index contributed by atoms with van der Waals surface area (Å²) < 4.78 is 6.64. The lowest BCUT2D eigenvalue weighted by molar-refractivity contribution is -0.121. The van der Waals surface area contributed by atoms with Gasteiger partial charge in [-0.05, 0) is 86.9 Å². The molecule has 0 spiro atoms. The SMILES string of the molecule is CNC(=O)n1ccc2cc(N(C(=O)COC)c3ccnc(NC(=O)c4ccc(C5CCN(C)CC5)cc4)c3)ccc21. The first-order valence-corrected chi connectivity index (χ1v) is 13.6. The van der Waals surface area contributed by atoms with Crippen molar-refractivity contribution in [2.75, 3.05) is 51.1 Å². The topological polar surface area (TPSA) is 109 Å². The van der Waals surface area contributed by atoms with Crippen molar-refractivity contribution < 1.29 is 19.1 Å². The van der Waals surface area contributed by atoms with Gasteiger partial charge in [-0.1, -0.05) is 12.1 Å². The fourth-order valence-corrected chi connectivity index (χ4v) is 5.26. The molecule has 1 fully saturated rings. The van der Waals surface area contributed by atoms with Crippen LogP contribution in [0.2, 0.25) is 0 Å². The number of likely N-dealkylation sites (tertiary alicyclic amines) is 1. The van der Waals surface area contributed by atoms with Gasteiger partial charge in [-0.25, -0.2) is 9.78 Å². The van der Waals surface area contributed by atoms with E-state index in [2.05, 4.69) is 27.6 Å². The molecule has 1 aliphatic rings. The van der Waals surface area contributed by atoms with Crippen LogP contribution in [0.4, 0.5) is 22.0 Å². The van der Waals surface area contributed by atoms with E-state index in [1.807, 2.05) is 36.4 Å². The van der Waals surface area contributed by atoms with Gasteiger partial charge in [0.25, 0.3) is 11.8 Å². The number of nitrogens with one attached hydrogen (secondary N) is 2.